The Bertz CT molecular complexity index is 1560. The summed E-state index contributed by atoms with van der Waals surface area (Å²) >= 11 is 0. The van der Waals surface area contributed by atoms with Gasteiger partial charge in [0.1, 0.15) is 11.9 Å². The van der Waals surface area contributed by atoms with Crippen molar-refractivity contribution < 1.29 is 33.7 Å². The molecule has 3 aromatic rings. The molecule has 256 valence electrons. The number of hydrogen-bond donors (Lipinski definition) is 4. The van der Waals surface area contributed by atoms with Crippen molar-refractivity contribution in [3.8, 4) is 0 Å². The van der Waals surface area contributed by atoms with Crippen LogP contribution in [0.1, 0.15) is 73.9 Å². The van der Waals surface area contributed by atoms with Crippen LogP contribution in [-0.4, -0.2) is 59.3 Å². The van der Waals surface area contributed by atoms with Crippen molar-refractivity contribution in [3.05, 3.63) is 101 Å². The van der Waals surface area contributed by atoms with Crippen molar-refractivity contribution in [2.75, 3.05) is 24.7 Å². The van der Waals surface area contributed by atoms with Crippen molar-refractivity contribution >= 4 is 23.5 Å². The van der Waals surface area contributed by atoms with Crippen LogP contribution in [0.2, 0.25) is 0 Å². The number of anilines is 1. The summed E-state index contributed by atoms with van der Waals surface area (Å²) in [6, 6.07) is 21.0. The standard InChI is InChI=1S/C38H46FN3O6/c1-24(2)34(37(46)47)41-33(44)21-38(22-48-23-38)40-20-4-5-26-8-10-28(11-9-26)35-31(18-19-32(43)27-12-14-29(39)15-13-27)36(45)42(35)30-16-6-25(3)7-17-30/h6-17,24,31-32,34-35,40,43H,4-5,18-23H2,1-3H3,(H,41,44)(H,46,47). The molecule has 0 radical (unpaired) electrons. The molecule has 9 nitrogen and oxygen atoms in total. The van der Waals surface area contributed by atoms with Crippen LogP contribution in [0, 0.1) is 24.6 Å². The lowest BCUT2D eigenvalue weighted by atomic mass is 9.78. The molecule has 4 unspecified atom stereocenters. The number of carboxylic acids is 1. The van der Waals surface area contributed by atoms with Gasteiger partial charge in [-0.2, -0.15) is 0 Å². The molecule has 2 aliphatic heterocycles. The fraction of sp³-hybridized carbons (Fsp3) is 0.447. The SMILES string of the molecule is Cc1ccc(N2C(=O)C(CCC(O)c3ccc(F)cc3)C2c2ccc(CCCNC3(CC(=O)NC(C(=O)O)C(C)C)COC3)cc2)cc1. The third-order valence-corrected chi connectivity index (χ3v) is 9.50. The van der Waals surface area contributed by atoms with Gasteiger partial charge in [-0.05, 0) is 86.0 Å². The van der Waals surface area contributed by atoms with Gasteiger partial charge < -0.3 is 30.5 Å². The number of hydrogen-bond acceptors (Lipinski definition) is 6. The van der Waals surface area contributed by atoms with Crippen LogP contribution >= 0.6 is 0 Å². The Balaban J connectivity index is 1.18. The number of aliphatic carboxylic acids is 1. The summed E-state index contributed by atoms with van der Waals surface area (Å²) in [5.41, 5.74) is 4.25. The van der Waals surface area contributed by atoms with Crippen molar-refractivity contribution in [2.45, 2.75) is 76.6 Å². The fourth-order valence-electron chi connectivity index (χ4n) is 6.58. The minimum atomic E-state index is -1.04. The van der Waals surface area contributed by atoms with Gasteiger partial charge in [-0.1, -0.05) is 67.9 Å². The number of aliphatic hydroxyl groups excluding tert-OH is 1. The van der Waals surface area contributed by atoms with Crippen molar-refractivity contribution in [1.29, 1.82) is 0 Å². The van der Waals surface area contributed by atoms with E-state index in [9.17, 15) is 29.0 Å². The molecule has 4 N–H and O–H groups in total. The Labute approximate surface area is 281 Å². The van der Waals surface area contributed by atoms with Gasteiger partial charge in [-0.3, -0.25) is 9.59 Å². The average molecular weight is 660 g/mol. The third-order valence-electron chi connectivity index (χ3n) is 9.50. The zero-order valence-corrected chi connectivity index (χ0v) is 27.8. The van der Waals surface area contributed by atoms with E-state index in [1.165, 1.54) is 12.1 Å². The second-order valence-corrected chi connectivity index (χ2v) is 13.6. The van der Waals surface area contributed by atoms with Gasteiger partial charge in [-0.15, -0.1) is 0 Å². The average Bonchev–Trinajstić information content (AvgIpc) is 3.04. The number of aryl methyl sites for hydroxylation is 2. The first-order valence-electron chi connectivity index (χ1n) is 16.7. The second-order valence-electron chi connectivity index (χ2n) is 13.6. The van der Waals surface area contributed by atoms with Crippen LogP contribution in [0.25, 0.3) is 0 Å². The number of nitrogens with one attached hydrogen (secondary N) is 2. The smallest absolute Gasteiger partial charge is 0.326 e. The quantitative estimate of drug-likeness (QED) is 0.122. The molecule has 2 aliphatic rings. The third kappa shape index (κ3) is 8.29. The number of nitrogens with zero attached hydrogens (tertiary/aromatic N) is 1. The lowest BCUT2D eigenvalue weighted by molar-refractivity contribution is -0.144. The number of β-lactam (4-membered cyclic amide) rings is 1. The number of carboxylic acid groups (broad SMARTS) is 1. The number of halogens is 1. The lowest BCUT2D eigenvalue weighted by Crippen LogP contribution is -2.63. The summed E-state index contributed by atoms with van der Waals surface area (Å²) in [4.78, 5) is 39.5. The Morgan fingerprint density at radius 3 is 2.27 bits per heavy atom. The molecular weight excluding hydrogens is 613 g/mol. The Kier molecular flexibility index (Phi) is 11.3. The second kappa shape index (κ2) is 15.4. The minimum Gasteiger partial charge on any atom is -0.480 e. The van der Waals surface area contributed by atoms with Crippen molar-refractivity contribution in [2.24, 2.45) is 11.8 Å². The van der Waals surface area contributed by atoms with E-state index in [-0.39, 0.29) is 41.9 Å². The molecule has 2 fully saturated rings. The van der Waals surface area contributed by atoms with Gasteiger partial charge in [0, 0.05) is 12.1 Å². The number of ether oxygens (including phenoxy) is 1. The molecule has 0 aliphatic carbocycles. The maximum absolute atomic E-state index is 13.5. The first kappa shape index (κ1) is 35.2. The van der Waals surface area contributed by atoms with E-state index < -0.39 is 23.7 Å². The highest BCUT2D eigenvalue weighted by Gasteiger charge is 2.48. The first-order chi connectivity index (χ1) is 23.0. The van der Waals surface area contributed by atoms with Crippen LogP contribution in [0.15, 0.2) is 72.8 Å². The van der Waals surface area contributed by atoms with Crippen LogP contribution in [-0.2, 0) is 25.5 Å². The number of benzene rings is 3. The highest BCUT2D eigenvalue weighted by molar-refractivity contribution is 6.03. The van der Waals surface area contributed by atoms with E-state index in [1.807, 2.05) is 36.1 Å². The van der Waals surface area contributed by atoms with E-state index in [2.05, 4.69) is 34.9 Å². The summed E-state index contributed by atoms with van der Waals surface area (Å²) in [6.45, 7) is 7.00. The minimum absolute atomic E-state index is 0.0237. The van der Waals surface area contributed by atoms with E-state index in [4.69, 9.17) is 4.74 Å². The van der Waals surface area contributed by atoms with Crippen LogP contribution in [0.4, 0.5) is 10.1 Å². The normalized spacial score (nSPS) is 19.7. The van der Waals surface area contributed by atoms with Gasteiger partial charge in [0.2, 0.25) is 11.8 Å². The summed E-state index contributed by atoms with van der Waals surface area (Å²) in [5, 5.41) is 26.3. The monoisotopic (exact) mass is 659 g/mol. The highest BCUT2D eigenvalue weighted by Crippen LogP contribution is 2.46. The number of rotatable bonds is 16. The number of aliphatic hydroxyl groups is 1. The molecule has 4 atom stereocenters. The highest BCUT2D eigenvalue weighted by atomic mass is 19.1. The number of carbonyl (C=O) groups is 3. The van der Waals surface area contributed by atoms with Gasteiger partial charge in [-0.25, -0.2) is 9.18 Å². The molecule has 5 rings (SSSR count). The summed E-state index contributed by atoms with van der Waals surface area (Å²) in [5.74, 6) is -2.19. The van der Waals surface area contributed by atoms with Crippen molar-refractivity contribution in [1.82, 2.24) is 10.6 Å². The van der Waals surface area contributed by atoms with Gasteiger partial charge in [0.05, 0.1) is 36.8 Å². The molecule has 2 saturated heterocycles. The predicted molar refractivity (Wildman–Crippen MR) is 181 cm³/mol. The zero-order chi connectivity index (χ0) is 34.4. The van der Waals surface area contributed by atoms with E-state index in [0.29, 0.717) is 38.2 Å². The summed E-state index contributed by atoms with van der Waals surface area (Å²) in [7, 11) is 0. The van der Waals surface area contributed by atoms with Gasteiger partial charge >= 0.3 is 5.97 Å². The van der Waals surface area contributed by atoms with E-state index in [1.54, 1.807) is 26.0 Å². The molecule has 0 bridgehead atoms. The molecule has 10 heteroatoms. The predicted octanol–water partition coefficient (Wildman–Crippen LogP) is 5.26. The van der Waals surface area contributed by atoms with Gasteiger partial charge in [0.15, 0.2) is 0 Å². The van der Waals surface area contributed by atoms with Gasteiger partial charge in [0.25, 0.3) is 0 Å². The largest absolute Gasteiger partial charge is 0.480 e. The van der Waals surface area contributed by atoms with Crippen molar-refractivity contribution in [3.63, 3.8) is 0 Å². The maximum Gasteiger partial charge on any atom is 0.326 e. The molecular formula is C38H46FN3O6. The molecule has 3 aromatic carbocycles. The Morgan fingerprint density at radius 1 is 1.02 bits per heavy atom. The number of amides is 2. The lowest BCUT2D eigenvalue weighted by Gasteiger charge is -2.48. The summed E-state index contributed by atoms with van der Waals surface area (Å²) in [6.07, 6.45) is 1.88. The van der Waals surface area contributed by atoms with E-state index >= 15 is 0 Å². The molecule has 2 heterocycles. The molecule has 2 amide bonds. The van der Waals surface area contributed by atoms with Crippen LogP contribution in [0.5, 0.6) is 0 Å². The molecule has 0 spiro atoms. The fourth-order valence-corrected chi connectivity index (χ4v) is 6.58. The maximum atomic E-state index is 13.5. The topological polar surface area (TPSA) is 128 Å². The molecule has 0 aromatic heterocycles. The molecule has 48 heavy (non-hydrogen) atoms. The van der Waals surface area contributed by atoms with E-state index in [0.717, 1.165) is 35.2 Å². The zero-order valence-electron chi connectivity index (χ0n) is 27.8. The number of carbonyl (C=O) groups excluding carboxylic acids is 2. The summed E-state index contributed by atoms with van der Waals surface area (Å²) < 4.78 is 18.8. The van der Waals surface area contributed by atoms with Crippen LogP contribution < -0.4 is 15.5 Å². The Hall–Kier alpha value is -4.12. The van der Waals surface area contributed by atoms with Crippen LogP contribution in [0.3, 0.4) is 0 Å². The first-order valence-corrected chi connectivity index (χ1v) is 16.7. The Morgan fingerprint density at radius 2 is 1.69 bits per heavy atom. The molecule has 0 saturated carbocycles.